The predicted octanol–water partition coefficient (Wildman–Crippen LogP) is 3.67. The van der Waals surface area contributed by atoms with E-state index in [1.165, 1.54) is 18.5 Å². The Labute approximate surface area is 268 Å². The first kappa shape index (κ1) is 32.8. The molecule has 0 bridgehead atoms. The number of ether oxygens (including phenoxy) is 2. The lowest BCUT2D eigenvalue weighted by atomic mass is 10.1. The van der Waals surface area contributed by atoms with Crippen molar-refractivity contribution in [2.75, 3.05) is 18.5 Å². The highest BCUT2D eigenvalue weighted by atomic mass is 35.5. The molecule has 4 atom stereocenters. The number of carboxylic acids is 1. The van der Waals surface area contributed by atoms with Gasteiger partial charge in [0.15, 0.2) is 6.04 Å². The van der Waals surface area contributed by atoms with Crippen LogP contribution in [-0.4, -0.2) is 84.7 Å². The van der Waals surface area contributed by atoms with Crippen LogP contribution in [0.15, 0.2) is 67.0 Å². The average molecular weight is 655 g/mol. The molecule has 242 valence electrons. The molecule has 3 aromatic carbocycles. The summed E-state index contributed by atoms with van der Waals surface area (Å²) in [6.07, 6.45) is -2.60. The third-order valence-corrected chi connectivity index (χ3v) is 7.72. The molecule has 0 saturated carbocycles. The number of carbonyl (C=O) groups is 2. The van der Waals surface area contributed by atoms with E-state index in [0.717, 1.165) is 4.90 Å². The molecule has 4 unspecified atom stereocenters. The maximum Gasteiger partial charge on any atom is 0.329 e. The number of rotatable bonds is 13. The molecular formula is C32H32ClFN4O8. The van der Waals surface area contributed by atoms with Gasteiger partial charge < -0.3 is 40.1 Å². The number of carboxylic acid groups (broad SMARTS) is 1. The number of aliphatic carboxylic acids is 1. The van der Waals surface area contributed by atoms with Crippen LogP contribution in [-0.2, 0) is 16.2 Å². The summed E-state index contributed by atoms with van der Waals surface area (Å²) in [5.74, 6) is -1.01. The zero-order valence-corrected chi connectivity index (χ0v) is 25.2. The molecule has 46 heavy (non-hydrogen) atoms. The van der Waals surface area contributed by atoms with Crippen LogP contribution in [0.4, 0.5) is 15.9 Å². The number of carbonyl (C=O) groups excluding carboxylic acids is 1. The lowest BCUT2D eigenvalue weighted by Gasteiger charge is -2.24. The van der Waals surface area contributed by atoms with Crippen LogP contribution < -0.4 is 14.8 Å². The topological polar surface area (TPSA) is 175 Å². The number of likely N-dealkylation sites (tertiary alicyclic amines) is 1. The van der Waals surface area contributed by atoms with Gasteiger partial charge in [0.05, 0.1) is 35.3 Å². The van der Waals surface area contributed by atoms with E-state index in [-0.39, 0.29) is 38.4 Å². The van der Waals surface area contributed by atoms with Gasteiger partial charge in [0.25, 0.3) is 0 Å². The molecule has 4 aromatic rings. The monoisotopic (exact) mass is 654 g/mol. The van der Waals surface area contributed by atoms with E-state index in [2.05, 4.69) is 15.3 Å². The molecule has 1 fully saturated rings. The average Bonchev–Trinajstić information content (AvgIpc) is 3.41. The number of aromatic nitrogens is 2. The van der Waals surface area contributed by atoms with Gasteiger partial charge in [0.1, 0.15) is 42.7 Å². The molecule has 0 aliphatic carbocycles. The summed E-state index contributed by atoms with van der Waals surface area (Å²) in [6.45, 7) is 0.0227. The number of nitrogens with zero attached hydrogens (tertiary/aromatic N) is 3. The van der Waals surface area contributed by atoms with Gasteiger partial charge in [-0.05, 0) is 60.5 Å². The lowest BCUT2D eigenvalue weighted by Crippen LogP contribution is -2.46. The van der Waals surface area contributed by atoms with E-state index < -0.39 is 42.7 Å². The summed E-state index contributed by atoms with van der Waals surface area (Å²) in [5, 5.41) is 44.1. The van der Waals surface area contributed by atoms with E-state index in [4.69, 9.17) is 21.1 Å². The largest absolute Gasteiger partial charge is 0.491 e. The summed E-state index contributed by atoms with van der Waals surface area (Å²) in [4.78, 5) is 33.6. The van der Waals surface area contributed by atoms with E-state index in [9.17, 15) is 34.4 Å². The highest BCUT2D eigenvalue weighted by molar-refractivity contribution is 6.32. The molecule has 5 rings (SSSR count). The Kier molecular flexibility index (Phi) is 10.5. The fourth-order valence-corrected chi connectivity index (χ4v) is 5.41. The first-order valence-corrected chi connectivity index (χ1v) is 14.8. The smallest absolute Gasteiger partial charge is 0.329 e. The molecule has 5 N–H and O–H groups in total. The summed E-state index contributed by atoms with van der Waals surface area (Å²) >= 11 is 6.44. The molecule has 0 radical (unpaired) electrons. The number of fused-ring (bicyclic) bond motifs is 1. The van der Waals surface area contributed by atoms with Crippen molar-refractivity contribution in [2.24, 2.45) is 0 Å². The number of hydrogen-bond acceptors (Lipinski definition) is 10. The van der Waals surface area contributed by atoms with E-state index in [1.807, 2.05) is 0 Å². The molecular weight excluding hydrogens is 623 g/mol. The molecule has 0 spiro atoms. The Morgan fingerprint density at radius 3 is 2.65 bits per heavy atom. The van der Waals surface area contributed by atoms with Crippen molar-refractivity contribution in [1.82, 2.24) is 14.9 Å². The van der Waals surface area contributed by atoms with Gasteiger partial charge in [-0.15, -0.1) is 0 Å². The van der Waals surface area contributed by atoms with Crippen LogP contribution in [0.1, 0.15) is 24.8 Å². The van der Waals surface area contributed by atoms with Crippen LogP contribution in [0.5, 0.6) is 11.5 Å². The first-order valence-electron chi connectivity index (χ1n) is 14.4. The quantitative estimate of drug-likeness (QED) is 0.142. The maximum atomic E-state index is 13.5. The first-order chi connectivity index (χ1) is 22.1. The zero-order chi connectivity index (χ0) is 32.8. The van der Waals surface area contributed by atoms with Crippen LogP contribution in [0, 0.1) is 5.82 Å². The van der Waals surface area contributed by atoms with Gasteiger partial charge in [0.2, 0.25) is 5.91 Å². The number of hydrogen-bond donors (Lipinski definition) is 5. The van der Waals surface area contributed by atoms with Crippen LogP contribution in [0.25, 0.3) is 10.9 Å². The molecule has 1 aliphatic heterocycles. The van der Waals surface area contributed by atoms with Crippen molar-refractivity contribution in [3.63, 3.8) is 0 Å². The number of halogens is 2. The Balaban J connectivity index is 1.17. The predicted molar refractivity (Wildman–Crippen MR) is 166 cm³/mol. The van der Waals surface area contributed by atoms with Gasteiger partial charge in [-0.1, -0.05) is 23.7 Å². The van der Waals surface area contributed by atoms with E-state index >= 15 is 0 Å². The number of amides is 1. The molecule has 1 aliphatic rings. The molecule has 2 heterocycles. The minimum atomic E-state index is -1.35. The summed E-state index contributed by atoms with van der Waals surface area (Å²) in [6, 6.07) is 14.9. The molecule has 12 nitrogen and oxygen atoms in total. The second kappa shape index (κ2) is 14.7. The van der Waals surface area contributed by atoms with Gasteiger partial charge in [0, 0.05) is 24.0 Å². The van der Waals surface area contributed by atoms with Crippen molar-refractivity contribution in [3.8, 4) is 11.5 Å². The Bertz CT molecular complexity index is 1710. The Hall–Kier alpha value is -4.56. The maximum absolute atomic E-state index is 13.5. The zero-order valence-electron chi connectivity index (χ0n) is 24.4. The molecule has 1 amide bonds. The van der Waals surface area contributed by atoms with Crippen molar-refractivity contribution in [3.05, 3.63) is 83.4 Å². The minimum Gasteiger partial charge on any atom is -0.491 e. The fraction of sp³-hybridized carbons (Fsp3) is 0.312. The van der Waals surface area contributed by atoms with Gasteiger partial charge in [-0.25, -0.2) is 19.2 Å². The Morgan fingerprint density at radius 1 is 1.07 bits per heavy atom. The number of benzene rings is 3. The minimum absolute atomic E-state index is 0.0721. The number of anilines is 2. The number of nitrogens with one attached hydrogen (secondary N) is 1. The van der Waals surface area contributed by atoms with E-state index in [0.29, 0.717) is 44.5 Å². The fourth-order valence-electron chi connectivity index (χ4n) is 5.18. The number of aliphatic hydroxyl groups excluding tert-OH is 3. The highest BCUT2D eigenvalue weighted by Gasteiger charge is 2.41. The van der Waals surface area contributed by atoms with Crippen molar-refractivity contribution in [2.45, 2.75) is 50.2 Å². The third kappa shape index (κ3) is 8.17. The SMILES string of the molecule is O=C(O)C1C(O)CCN1C(=O)CC(O)CC(O)COc1ccc2ncnc(Nc3ccc(OCc4cccc(F)c4)c(Cl)c3)c2c1. The highest BCUT2D eigenvalue weighted by Crippen LogP contribution is 2.32. The van der Waals surface area contributed by atoms with Crippen LogP contribution >= 0.6 is 11.6 Å². The number of aliphatic hydroxyl groups is 3. The summed E-state index contributed by atoms with van der Waals surface area (Å²) in [5.41, 5.74) is 1.90. The van der Waals surface area contributed by atoms with E-state index in [1.54, 1.807) is 48.5 Å². The lowest BCUT2D eigenvalue weighted by molar-refractivity contribution is -0.152. The second-order valence-electron chi connectivity index (χ2n) is 10.9. The Morgan fingerprint density at radius 2 is 1.89 bits per heavy atom. The van der Waals surface area contributed by atoms with Crippen LogP contribution in [0.2, 0.25) is 5.02 Å². The molecule has 1 saturated heterocycles. The van der Waals surface area contributed by atoms with Gasteiger partial charge in [-0.2, -0.15) is 0 Å². The summed E-state index contributed by atoms with van der Waals surface area (Å²) in [7, 11) is 0. The third-order valence-electron chi connectivity index (χ3n) is 7.42. The second-order valence-corrected chi connectivity index (χ2v) is 11.3. The normalized spacial score (nSPS) is 17.5. The molecule has 1 aromatic heterocycles. The van der Waals surface area contributed by atoms with Crippen LogP contribution in [0.3, 0.4) is 0 Å². The summed E-state index contributed by atoms with van der Waals surface area (Å²) < 4.78 is 24.9. The van der Waals surface area contributed by atoms with Crippen molar-refractivity contribution in [1.29, 1.82) is 0 Å². The standard InChI is InChI=1S/C32H32ClFN4O8/c33-25-11-20(4-7-28(25)46-15-18-2-1-3-19(34)10-18)37-31-24-14-23(5-6-26(24)35-17-36-31)45-16-22(40)12-21(39)13-29(42)38-9-8-27(41)30(38)32(43)44/h1-7,10-11,14,17,21-22,27,30,39-41H,8-9,12-13,15-16H2,(H,43,44)(H,35,36,37). The molecule has 14 heteroatoms. The van der Waals surface area contributed by atoms with Crippen molar-refractivity contribution >= 4 is 45.9 Å². The van der Waals surface area contributed by atoms with Gasteiger partial charge in [-0.3, -0.25) is 4.79 Å². The van der Waals surface area contributed by atoms with Gasteiger partial charge >= 0.3 is 5.97 Å². The van der Waals surface area contributed by atoms with Crippen molar-refractivity contribution < 1.29 is 43.9 Å².